The maximum absolute atomic E-state index is 14.7. The summed E-state index contributed by atoms with van der Waals surface area (Å²) in [6.45, 7) is 2.12. The molecule has 0 bridgehead atoms. The molecule has 0 saturated carbocycles. The summed E-state index contributed by atoms with van der Waals surface area (Å²) in [5.41, 5.74) is 17.1. The van der Waals surface area contributed by atoms with E-state index in [1.54, 1.807) is 0 Å². The normalized spacial score (nSPS) is 17.3. The van der Waals surface area contributed by atoms with Gasteiger partial charge in [-0.25, -0.2) is 0 Å². The van der Waals surface area contributed by atoms with Crippen LogP contribution in [0.15, 0.2) is 205 Å². The van der Waals surface area contributed by atoms with Gasteiger partial charge in [0.05, 0.1) is 22.1 Å². The van der Waals surface area contributed by atoms with Gasteiger partial charge in [0.25, 0.3) is 0 Å². The number of ketones is 1. The Morgan fingerprint density at radius 1 is 0.574 bits per heavy atom. The summed E-state index contributed by atoms with van der Waals surface area (Å²) >= 11 is 0. The van der Waals surface area contributed by atoms with Crippen LogP contribution in [0.2, 0.25) is 0 Å². The van der Waals surface area contributed by atoms with Crippen molar-refractivity contribution in [3.63, 3.8) is 0 Å². The lowest BCUT2D eigenvalue weighted by molar-refractivity contribution is 0.0993. The van der Waals surface area contributed by atoms with Crippen LogP contribution in [0.4, 0.5) is 0 Å². The van der Waals surface area contributed by atoms with Crippen LogP contribution >= 0.6 is 0 Å². The van der Waals surface area contributed by atoms with E-state index in [2.05, 4.69) is 187 Å². The van der Waals surface area contributed by atoms with Gasteiger partial charge in [0.15, 0.2) is 5.78 Å². The zero-order chi connectivity index (χ0) is 40.6. The highest BCUT2D eigenvalue weighted by atomic mass is 16.3. The molecule has 0 N–H and O–H groups in total. The number of para-hydroxylation sites is 2. The molecule has 3 unspecified atom stereocenters. The summed E-state index contributed by atoms with van der Waals surface area (Å²) in [5, 5.41) is 4.30. The number of furan rings is 1. The molecular weight excluding hydrogens is 743 g/mol. The molecule has 3 aliphatic carbocycles. The Hall–Kier alpha value is -7.49. The quantitative estimate of drug-likeness (QED) is 0.179. The first kappa shape index (κ1) is 35.5. The lowest BCUT2D eigenvalue weighted by Gasteiger charge is -2.25. The van der Waals surface area contributed by atoms with Crippen molar-refractivity contribution in [3.8, 4) is 27.9 Å². The minimum Gasteiger partial charge on any atom is -0.456 e. The molecule has 0 fully saturated rings. The minimum atomic E-state index is 0.196. The van der Waals surface area contributed by atoms with Crippen LogP contribution in [0.25, 0.3) is 71.7 Å². The van der Waals surface area contributed by atoms with Gasteiger partial charge in [0.1, 0.15) is 11.2 Å². The van der Waals surface area contributed by atoms with Crippen LogP contribution in [0.3, 0.4) is 0 Å². The number of Topliss-reactive ketones (excluding diaryl/α,β-unsaturated/α-hetero) is 1. The van der Waals surface area contributed by atoms with Gasteiger partial charge in [-0.15, -0.1) is 0 Å². The Morgan fingerprint density at radius 2 is 1.28 bits per heavy atom. The number of fused-ring (bicyclic) bond motifs is 14. The minimum absolute atomic E-state index is 0.196. The van der Waals surface area contributed by atoms with Crippen molar-refractivity contribution >= 4 is 49.5 Å². The zero-order valence-corrected chi connectivity index (χ0v) is 33.8. The molecule has 10 aromatic rings. The van der Waals surface area contributed by atoms with Gasteiger partial charge in [-0.05, 0) is 87.7 Å². The van der Waals surface area contributed by atoms with Gasteiger partial charge in [-0.3, -0.25) is 4.79 Å². The Morgan fingerprint density at radius 3 is 2.13 bits per heavy atom. The fraction of sp³-hybridized carbons (Fsp3) is 0.0862. The standard InChI is InChI=1S/C45H29NO2.C13H12/c47-38-25-34-27(21-22-33-41(26-11-2-1-3-12-26)28-13-4-5-14-29(28)42(33)34)30-23-24-37-44(45(30)38)31-15-6-8-17-35(31)46(37)36-18-10-20-40-43(36)32-16-7-9-19-39(32)48-40;1-11-6-5-9-13(10-11)12-7-3-2-4-8-12/h1-24,28-29,41H,25H2;2-10H,1H3. The maximum atomic E-state index is 14.7. The van der Waals surface area contributed by atoms with E-state index in [9.17, 15) is 4.79 Å². The van der Waals surface area contributed by atoms with E-state index >= 15 is 0 Å². The second-order valence-electron chi connectivity index (χ2n) is 16.7. The van der Waals surface area contributed by atoms with Crippen molar-refractivity contribution in [1.82, 2.24) is 4.57 Å². The third-order valence-corrected chi connectivity index (χ3v) is 13.3. The van der Waals surface area contributed by atoms with Gasteiger partial charge < -0.3 is 8.98 Å². The molecule has 3 atom stereocenters. The fourth-order valence-corrected chi connectivity index (χ4v) is 10.8. The van der Waals surface area contributed by atoms with Crippen LogP contribution in [-0.4, -0.2) is 10.4 Å². The number of rotatable bonds is 3. The number of carbonyl (C=O) groups excluding carboxylic acids is 1. The summed E-state index contributed by atoms with van der Waals surface area (Å²) in [5.74, 6) is 1.07. The van der Waals surface area contributed by atoms with E-state index in [0.717, 1.165) is 60.6 Å². The molecule has 0 radical (unpaired) electrons. The van der Waals surface area contributed by atoms with Crippen molar-refractivity contribution in [2.75, 3.05) is 0 Å². The van der Waals surface area contributed by atoms with E-state index in [1.165, 1.54) is 44.5 Å². The number of hydrogen-bond donors (Lipinski definition) is 0. The number of nitrogens with zero attached hydrogens (tertiary/aromatic N) is 1. The van der Waals surface area contributed by atoms with Crippen LogP contribution in [0.1, 0.15) is 50.0 Å². The maximum Gasteiger partial charge on any atom is 0.168 e. The topological polar surface area (TPSA) is 35.1 Å². The molecule has 0 amide bonds. The van der Waals surface area contributed by atoms with Crippen LogP contribution in [0.5, 0.6) is 0 Å². The molecule has 0 aliphatic heterocycles. The summed E-state index contributed by atoms with van der Waals surface area (Å²) in [7, 11) is 0. The monoisotopic (exact) mass is 783 g/mol. The Kier molecular flexibility index (Phi) is 8.18. The Balaban J connectivity index is 0.000000263. The number of hydrogen-bond acceptors (Lipinski definition) is 2. The number of aryl methyl sites for hydroxylation is 1. The van der Waals surface area contributed by atoms with Crippen LogP contribution < -0.4 is 0 Å². The fourth-order valence-electron chi connectivity index (χ4n) is 10.8. The molecular formula is C58H41NO2. The first-order chi connectivity index (χ1) is 30.1. The predicted molar refractivity (Wildman–Crippen MR) is 251 cm³/mol. The SMILES string of the molecule is Cc1cccc(-c2ccccc2)c1.O=C1Cc2c(ccc3c2C2C=CC=CC2C3c2ccccc2)-c2ccc3c(c21)c1ccccc1n3-c1cccc2oc3ccccc3c12. The second kappa shape index (κ2) is 14.1. The predicted octanol–water partition coefficient (Wildman–Crippen LogP) is 14.7. The molecule has 61 heavy (non-hydrogen) atoms. The second-order valence-corrected chi connectivity index (χ2v) is 16.7. The Bertz CT molecular complexity index is 3440. The molecule has 2 aromatic heterocycles. The van der Waals surface area contributed by atoms with Crippen LogP contribution in [-0.2, 0) is 6.42 Å². The van der Waals surface area contributed by atoms with Gasteiger partial charge in [0, 0.05) is 40.0 Å². The first-order valence-corrected chi connectivity index (χ1v) is 21.3. The molecule has 3 aliphatic rings. The van der Waals surface area contributed by atoms with Crippen LogP contribution in [0, 0.1) is 12.8 Å². The van der Waals surface area contributed by atoms with E-state index in [4.69, 9.17) is 4.42 Å². The smallest absolute Gasteiger partial charge is 0.168 e. The number of aromatic nitrogens is 1. The largest absolute Gasteiger partial charge is 0.456 e. The highest BCUT2D eigenvalue weighted by Gasteiger charge is 2.43. The third kappa shape index (κ3) is 5.54. The van der Waals surface area contributed by atoms with Crippen molar-refractivity contribution in [3.05, 3.63) is 234 Å². The van der Waals surface area contributed by atoms with E-state index in [-0.39, 0.29) is 17.6 Å². The molecule has 0 saturated heterocycles. The molecule has 3 nitrogen and oxygen atoms in total. The molecule has 2 heterocycles. The van der Waals surface area contributed by atoms with Gasteiger partial charge in [0.2, 0.25) is 0 Å². The highest BCUT2D eigenvalue weighted by Crippen LogP contribution is 2.56. The third-order valence-electron chi connectivity index (χ3n) is 13.3. The summed E-state index contributed by atoms with van der Waals surface area (Å²) in [6.07, 6.45) is 9.50. The van der Waals surface area contributed by atoms with E-state index < -0.39 is 0 Å². The number of benzene rings is 8. The summed E-state index contributed by atoms with van der Waals surface area (Å²) in [4.78, 5) is 14.7. The zero-order valence-electron chi connectivity index (χ0n) is 33.8. The van der Waals surface area contributed by atoms with E-state index in [0.29, 0.717) is 12.3 Å². The lowest BCUT2D eigenvalue weighted by Crippen LogP contribution is -2.16. The van der Waals surface area contributed by atoms with Crippen molar-refractivity contribution < 1.29 is 9.21 Å². The molecule has 8 aromatic carbocycles. The van der Waals surface area contributed by atoms with Crippen molar-refractivity contribution in [2.24, 2.45) is 5.92 Å². The molecule has 290 valence electrons. The first-order valence-electron chi connectivity index (χ1n) is 21.3. The van der Waals surface area contributed by atoms with E-state index in [1.807, 2.05) is 24.3 Å². The summed E-state index contributed by atoms with van der Waals surface area (Å²) < 4.78 is 8.62. The average molecular weight is 784 g/mol. The van der Waals surface area contributed by atoms with Crippen molar-refractivity contribution in [1.29, 1.82) is 0 Å². The van der Waals surface area contributed by atoms with Gasteiger partial charge >= 0.3 is 0 Å². The number of allylic oxidation sites excluding steroid dienone is 4. The lowest BCUT2D eigenvalue weighted by atomic mass is 9.77. The molecule has 3 heteroatoms. The molecule has 13 rings (SSSR count). The van der Waals surface area contributed by atoms with Crippen molar-refractivity contribution in [2.45, 2.75) is 25.2 Å². The highest BCUT2D eigenvalue weighted by molar-refractivity contribution is 6.25. The summed E-state index contributed by atoms with van der Waals surface area (Å²) in [6, 6.07) is 61.9. The van der Waals surface area contributed by atoms with Gasteiger partial charge in [-0.2, -0.15) is 0 Å². The Labute approximate surface area is 354 Å². The van der Waals surface area contributed by atoms with Gasteiger partial charge in [-0.1, -0.05) is 175 Å². The average Bonchev–Trinajstić information content (AvgIpc) is 3.98. The number of carbonyl (C=O) groups is 1. The molecule has 0 spiro atoms.